The third-order valence-corrected chi connectivity index (χ3v) is 7.50. The monoisotopic (exact) mass is 652 g/mol. The molecule has 0 aromatic carbocycles. The van der Waals surface area contributed by atoms with E-state index in [9.17, 15) is 14.2 Å². The van der Waals surface area contributed by atoms with Gasteiger partial charge >= 0.3 is 7.82 Å². The lowest BCUT2D eigenvalue weighted by Gasteiger charge is -2.22. The Balaban J connectivity index is 4.41. The van der Waals surface area contributed by atoms with Gasteiger partial charge in [0.1, 0.15) is 0 Å². The fourth-order valence-electron chi connectivity index (χ4n) is 3.43. The van der Waals surface area contributed by atoms with Gasteiger partial charge in [-0.15, -0.1) is 0 Å². The van der Waals surface area contributed by atoms with Gasteiger partial charge in [-0.2, -0.15) is 0 Å². The molecule has 0 atom stereocenters. The second-order valence-electron chi connectivity index (χ2n) is 9.79. The molecule has 0 heterocycles. The van der Waals surface area contributed by atoms with Crippen molar-refractivity contribution in [1.29, 1.82) is 0 Å². The number of phosphoric ester groups is 1. The van der Waals surface area contributed by atoms with Gasteiger partial charge in [0, 0.05) is 33.3 Å². The summed E-state index contributed by atoms with van der Waals surface area (Å²) in [4.78, 5) is 26.5. The quantitative estimate of drug-likeness (QED) is 0.0606. The number of nitrogens with zero attached hydrogens (tertiary/aromatic N) is 2. The summed E-state index contributed by atoms with van der Waals surface area (Å²) in [6.07, 6.45) is 5.94. The van der Waals surface area contributed by atoms with Gasteiger partial charge in [-0.3, -0.25) is 23.2 Å². The number of ether oxygens (including phenoxy) is 4. The van der Waals surface area contributed by atoms with Crippen molar-refractivity contribution in [3.63, 3.8) is 0 Å². The van der Waals surface area contributed by atoms with Gasteiger partial charge in [0.15, 0.2) is 0 Å². The molecule has 0 aliphatic rings. The van der Waals surface area contributed by atoms with Gasteiger partial charge in [0.2, 0.25) is 11.8 Å². The Morgan fingerprint density at radius 3 is 1.41 bits per heavy atom. The zero-order chi connectivity index (χ0) is 32.7. The lowest BCUT2D eigenvalue weighted by atomic mass is 10.3. The highest BCUT2D eigenvalue weighted by Crippen LogP contribution is 2.49. The van der Waals surface area contributed by atoms with Crippen molar-refractivity contribution in [3.8, 4) is 0 Å². The topological polar surface area (TPSA) is 146 Å². The molecule has 0 rings (SSSR count). The Labute approximate surface area is 264 Å². The van der Waals surface area contributed by atoms with Crippen molar-refractivity contribution in [2.24, 2.45) is 0 Å². The van der Waals surface area contributed by atoms with E-state index in [-0.39, 0.29) is 38.2 Å². The molecular weight excluding hydrogens is 595 g/mol. The van der Waals surface area contributed by atoms with Crippen molar-refractivity contribution >= 4 is 19.6 Å². The Kier molecular flexibility index (Phi) is 28.8. The highest BCUT2D eigenvalue weighted by molar-refractivity contribution is 7.48. The summed E-state index contributed by atoms with van der Waals surface area (Å²) >= 11 is 0. The molecule has 0 spiro atoms. The summed E-state index contributed by atoms with van der Waals surface area (Å²) in [5.74, 6) is -0.359. The highest BCUT2D eigenvalue weighted by Gasteiger charge is 2.27. The van der Waals surface area contributed by atoms with Crippen LogP contribution in [-0.2, 0) is 46.7 Å². The first-order valence-corrected chi connectivity index (χ1v) is 16.7. The van der Waals surface area contributed by atoms with E-state index in [1.165, 1.54) is 12.2 Å². The first-order valence-electron chi connectivity index (χ1n) is 15.2. The van der Waals surface area contributed by atoms with E-state index in [2.05, 4.69) is 33.6 Å². The molecule has 2 amide bonds. The third kappa shape index (κ3) is 27.8. The minimum Gasteiger partial charge on any atom is -0.382 e. The van der Waals surface area contributed by atoms with E-state index in [0.717, 1.165) is 38.8 Å². The SMILES string of the molecule is C=CC(=O)NCCCCN(C)CCOP(=O)(OCCOCCOCCOCCOC)OCCN(C)CCCCNC(=O)C=C. The minimum atomic E-state index is -3.82. The van der Waals surface area contributed by atoms with Gasteiger partial charge in [-0.05, 0) is 65.0 Å². The number of carbonyl (C=O) groups is 2. The van der Waals surface area contributed by atoms with E-state index >= 15 is 0 Å². The second kappa shape index (κ2) is 30.0. The summed E-state index contributed by atoms with van der Waals surface area (Å²) < 4.78 is 51.3. The van der Waals surface area contributed by atoms with Crippen molar-refractivity contribution in [2.75, 3.05) is 127 Å². The zero-order valence-electron chi connectivity index (χ0n) is 27.1. The molecule has 15 heteroatoms. The Bertz CT molecular complexity index is 747. The average molecular weight is 653 g/mol. The summed E-state index contributed by atoms with van der Waals surface area (Å²) in [6, 6.07) is 0. The molecular formula is C29H57N4O10P. The largest absolute Gasteiger partial charge is 0.474 e. The number of methoxy groups -OCH3 is 1. The zero-order valence-corrected chi connectivity index (χ0v) is 28.0. The number of nitrogens with one attached hydrogen (secondary N) is 2. The van der Waals surface area contributed by atoms with Crippen LogP contribution in [0, 0.1) is 0 Å². The van der Waals surface area contributed by atoms with Crippen LogP contribution in [0.5, 0.6) is 0 Å². The first-order chi connectivity index (χ1) is 21.3. The second-order valence-corrected chi connectivity index (χ2v) is 11.5. The maximum absolute atomic E-state index is 13.3. The van der Waals surface area contributed by atoms with Crippen LogP contribution in [0.3, 0.4) is 0 Å². The number of hydrogen-bond donors (Lipinski definition) is 2. The lowest BCUT2D eigenvalue weighted by Crippen LogP contribution is -2.27. The van der Waals surface area contributed by atoms with E-state index < -0.39 is 7.82 Å². The van der Waals surface area contributed by atoms with E-state index in [1.807, 2.05) is 14.1 Å². The van der Waals surface area contributed by atoms with E-state index in [4.69, 9.17) is 32.5 Å². The number of phosphoric acid groups is 1. The molecule has 258 valence electrons. The normalized spacial score (nSPS) is 11.7. The molecule has 0 saturated carbocycles. The van der Waals surface area contributed by atoms with Gasteiger partial charge in [0.25, 0.3) is 0 Å². The maximum atomic E-state index is 13.3. The van der Waals surface area contributed by atoms with Crippen LogP contribution < -0.4 is 10.6 Å². The van der Waals surface area contributed by atoms with Crippen molar-refractivity contribution in [2.45, 2.75) is 25.7 Å². The van der Waals surface area contributed by atoms with Crippen LogP contribution in [-0.4, -0.2) is 148 Å². The predicted molar refractivity (Wildman–Crippen MR) is 170 cm³/mol. The Morgan fingerprint density at radius 2 is 1.00 bits per heavy atom. The summed E-state index contributed by atoms with van der Waals surface area (Å²) in [7, 11) is 1.69. The highest BCUT2D eigenvalue weighted by atomic mass is 31.2. The van der Waals surface area contributed by atoms with Gasteiger partial charge in [0.05, 0.1) is 66.1 Å². The molecule has 14 nitrogen and oxygen atoms in total. The standard InChI is InChI=1S/C29H57N4O10P/c1-6-28(34)30-12-8-10-14-32(3)16-18-41-44(36,42-19-17-33(4)15-11-9-13-31-29(35)7-2)43-27-26-40-25-24-39-23-22-38-21-20-37-5/h6-7H,1-2,8-27H2,3-5H3,(H,30,34)(H,31,35). The molecule has 0 aromatic heterocycles. The first kappa shape index (κ1) is 42.3. The van der Waals surface area contributed by atoms with Crippen molar-refractivity contribution < 1.29 is 46.7 Å². The number of rotatable bonds is 33. The molecule has 0 bridgehead atoms. The van der Waals surface area contributed by atoms with Crippen LogP contribution in [0.1, 0.15) is 25.7 Å². The number of unbranched alkanes of at least 4 members (excludes halogenated alkanes) is 2. The van der Waals surface area contributed by atoms with Crippen LogP contribution in [0.15, 0.2) is 25.3 Å². The fourth-order valence-corrected chi connectivity index (χ4v) is 4.56. The summed E-state index contributed by atoms with van der Waals surface area (Å²) in [5, 5.41) is 5.50. The van der Waals surface area contributed by atoms with Crippen LogP contribution in [0.4, 0.5) is 0 Å². The lowest BCUT2D eigenvalue weighted by molar-refractivity contribution is -0.117. The molecule has 0 saturated heterocycles. The fraction of sp³-hybridized carbons (Fsp3) is 0.793. The van der Waals surface area contributed by atoms with Crippen LogP contribution in [0.25, 0.3) is 0 Å². The maximum Gasteiger partial charge on any atom is 0.474 e. The van der Waals surface area contributed by atoms with E-state index in [1.54, 1.807) is 7.11 Å². The molecule has 44 heavy (non-hydrogen) atoms. The third-order valence-electron chi connectivity index (χ3n) is 6.00. The summed E-state index contributed by atoms with van der Waals surface area (Å²) in [6.45, 7) is 14.0. The molecule has 0 fully saturated rings. The number of likely N-dealkylation sites (N-methyl/N-ethyl adjacent to an activating group) is 2. The minimum absolute atomic E-state index is 0.0376. The molecule has 0 radical (unpaired) electrons. The van der Waals surface area contributed by atoms with Crippen LogP contribution >= 0.6 is 7.82 Å². The van der Waals surface area contributed by atoms with Crippen LogP contribution in [0.2, 0.25) is 0 Å². The Hall–Kier alpha value is -1.71. The molecule has 0 aliphatic heterocycles. The van der Waals surface area contributed by atoms with Gasteiger partial charge in [-0.25, -0.2) is 4.57 Å². The number of carbonyl (C=O) groups excluding carboxylic acids is 2. The van der Waals surface area contributed by atoms with E-state index in [0.29, 0.717) is 65.8 Å². The van der Waals surface area contributed by atoms with Gasteiger partial charge < -0.3 is 39.4 Å². The summed E-state index contributed by atoms with van der Waals surface area (Å²) in [5.41, 5.74) is 0. The molecule has 2 N–H and O–H groups in total. The Morgan fingerprint density at radius 1 is 0.614 bits per heavy atom. The molecule has 0 aliphatic carbocycles. The van der Waals surface area contributed by atoms with Crippen molar-refractivity contribution in [1.82, 2.24) is 20.4 Å². The smallest absolute Gasteiger partial charge is 0.382 e. The average Bonchev–Trinajstić information content (AvgIpc) is 3.01. The predicted octanol–water partition coefficient (Wildman–Crippen LogP) is 1.87. The van der Waals surface area contributed by atoms with Crippen molar-refractivity contribution in [3.05, 3.63) is 25.3 Å². The van der Waals surface area contributed by atoms with Gasteiger partial charge in [-0.1, -0.05) is 13.2 Å². The molecule has 0 unspecified atom stereocenters. The number of hydrogen-bond acceptors (Lipinski definition) is 12. The molecule has 0 aromatic rings. The number of amides is 2.